The van der Waals surface area contributed by atoms with E-state index < -0.39 is 0 Å². The molecule has 0 radical (unpaired) electrons. The Morgan fingerprint density at radius 1 is 1.15 bits per heavy atom. The summed E-state index contributed by atoms with van der Waals surface area (Å²) in [7, 11) is 0. The molecule has 0 saturated heterocycles. The molecular formula is C16H24N4. The van der Waals surface area contributed by atoms with E-state index in [0.29, 0.717) is 6.04 Å². The van der Waals surface area contributed by atoms with E-state index in [1.165, 1.54) is 22.3 Å². The van der Waals surface area contributed by atoms with Gasteiger partial charge in [0.1, 0.15) is 0 Å². The van der Waals surface area contributed by atoms with Gasteiger partial charge in [-0.05, 0) is 62.9 Å². The normalized spacial score (nSPS) is 12.6. The van der Waals surface area contributed by atoms with E-state index in [4.69, 9.17) is 0 Å². The van der Waals surface area contributed by atoms with Crippen LogP contribution < -0.4 is 5.32 Å². The van der Waals surface area contributed by atoms with Crippen molar-refractivity contribution in [2.45, 2.75) is 46.7 Å². The van der Waals surface area contributed by atoms with E-state index in [0.717, 1.165) is 19.5 Å². The standard InChI is InChI=1S/C16H24N4/c1-12-10-14(3)16(11-13(12)2)15(4)17-6-5-8-20-9-7-18-19-20/h7,9-11,15,17H,5-6,8H2,1-4H3. The molecule has 1 atom stereocenters. The monoisotopic (exact) mass is 272 g/mol. The predicted molar refractivity (Wildman–Crippen MR) is 81.7 cm³/mol. The van der Waals surface area contributed by atoms with Crippen molar-refractivity contribution in [1.82, 2.24) is 20.3 Å². The van der Waals surface area contributed by atoms with Crippen LogP contribution in [-0.2, 0) is 6.54 Å². The van der Waals surface area contributed by atoms with Gasteiger partial charge < -0.3 is 5.32 Å². The molecule has 1 aromatic carbocycles. The zero-order valence-electron chi connectivity index (χ0n) is 12.8. The van der Waals surface area contributed by atoms with Gasteiger partial charge in [0.2, 0.25) is 0 Å². The maximum atomic E-state index is 3.97. The van der Waals surface area contributed by atoms with Crippen molar-refractivity contribution in [2.24, 2.45) is 0 Å². The fraction of sp³-hybridized carbons (Fsp3) is 0.500. The van der Waals surface area contributed by atoms with E-state index >= 15 is 0 Å². The summed E-state index contributed by atoms with van der Waals surface area (Å²) in [6.07, 6.45) is 4.67. The first-order valence-electron chi connectivity index (χ1n) is 7.23. The van der Waals surface area contributed by atoms with Crippen molar-refractivity contribution in [3.05, 3.63) is 46.8 Å². The quantitative estimate of drug-likeness (QED) is 0.822. The number of benzene rings is 1. The van der Waals surface area contributed by atoms with Gasteiger partial charge >= 0.3 is 0 Å². The topological polar surface area (TPSA) is 42.7 Å². The lowest BCUT2D eigenvalue weighted by Crippen LogP contribution is -2.22. The van der Waals surface area contributed by atoms with Gasteiger partial charge in [-0.2, -0.15) is 0 Å². The van der Waals surface area contributed by atoms with E-state index in [-0.39, 0.29) is 0 Å². The third kappa shape index (κ3) is 3.67. The van der Waals surface area contributed by atoms with Crippen LogP contribution in [-0.4, -0.2) is 21.5 Å². The van der Waals surface area contributed by atoms with Crippen LogP contribution in [0, 0.1) is 20.8 Å². The van der Waals surface area contributed by atoms with Gasteiger partial charge in [-0.3, -0.25) is 4.68 Å². The summed E-state index contributed by atoms with van der Waals surface area (Å²) >= 11 is 0. The summed E-state index contributed by atoms with van der Waals surface area (Å²) < 4.78 is 1.87. The van der Waals surface area contributed by atoms with Crippen molar-refractivity contribution in [3.8, 4) is 0 Å². The van der Waals surface area contributed by atoms with Crippen LogP contribution in [0.25, 0.3) is 0 Å². The van der Waals surface area contributed by atoms with Gasteiger partial charge in [0.05, 0.1) is 6.20 Å². The maximum Gasteiger partial charge on any atom is 0.0692 e. The van der Waals surface area contributed by atoms with Crippen LogP contribution in [0.1, 0.15) is 41.6 Å². The van der Waals surface area contributed by atoms with Crippen molar-refractivity contribution in [1.29, 1.82) is 0 Å². The minimum atomic E-state index is 0.380. The van der Waals surface area contributed by atoms with Crippen molar-refractivity contribution in [2.75, 3.05) is 6.54 Å². The van der Waals surface area contributed by atoms with Gasteiger partial charge in [-0.1, -0.05) is 17.3 Å². The van der Waals surface area contributed by atoms with Crippen LogP contribution in [0.3, 0.4) is 0 Å². The van der Waals surface area contributed by atoms with Crippen molar-refractivity contribution < 1.29 is 0 Å². The number of nitrogens with one attached hydrogen (secondary N) is 1. The summed E-state index contributed by atoms with van der Waals surface area (Å²) in [5, 5.41) is 11.4. The smallest absolute Gasteiger partial charge is 0.0692 e. The summed E-state index contributed by atoms with van der Waals surface area (Å²) in [6.45, 7) is 10.7. The van der Waals surface area contributed by atoms with Gasteiger partial charge in [0.25, 0.3) is 0 Å². The molecule has 1 N–H and O–H groups in total. The first-order valence-corrected chi connectivity index (χ1v) is 7.23. The fourth-order valence-corrected chi connectivity index (χ4v) is 2.47. The highest BCUT2D eigenvalue weighted by molar-refractivity contribution is 5.37. The second kappa shape index (κ2) is 6.66. The molecule has 0 fully saturated rings. The van der Waals surface area contributed by atoms with Crippen LogP contribution in [0.5, 0.6) is 0 Å². The lowest BCUT2D eigenvalue weighted by atomic mass is 9.96. The molecule has 0 aliphatic carbocycles. The number of rotatable bonds is 6. The van der Waals surface area contributed by atoms with E-state index in [2.05, 4.69) is 55.5 Å². The summed E-state index contributed by atoms with van der Waals surface area (Å²) in [6, 6.07) is 4.96. The summed E-state index contributed by atoms with van der Waals surface area (Å²) in [4.78, 5) is 0. The van der Waals surface area contributed by atoms with Gasteiger partial charge in [-0.15, -0.1) is 5.10 Å². The molecule has 2 rings (SSSR count). The molecule has 0 bridgehead atoms. The Bertz CT molecular complexity index is 546. The van der Waals surface area contributed by atoms with E-state index in [9.17, 15) is 0 Å². The molecule has 1 heterocycles. The van der Waals surface area contributed by atoms with E-state index in [1.54, 1.807) is 6.20 Å². The van der Waals surface area contributed by atoms with Crippen LogP contribution in [0.15, 0.2) is 24.5 Å². The Kier molecular flexibility index (Phi) is 4.90. The third-order valence-electron chi connectivity index (χ3n) is 3.84. The van der Waals surface area contributed by atoms with Crippen molar-refractivity contribution in [3.63, 3.8) is 0 Å². The zero-order chi connectivity index (χ0) is 14.5. The summed E-state index contributed by atoms with van der Waals surface area (Å²) in [5.74, 6) is 0. The molecule has 4 nitrogen and oxygen atoms in total. The maximum absolute atomic E-state index is 3.97. The van der Waals surface area contributed by atoms with Crippen LogP contribution in [0.4, 0.5) is 0 Å². The molecular weight excluding hydrogens is 248 g/mol. The first kappa shape index (κ1) is 14.7. The molecule has 108 valence electrons. The lowest BCUT2D eigenvalue weighted by Gasteiger charge is -2.18. The molecule has 1 aromatic heterocycles. The molecule has 0 aliphatic heterocycles. The molecule has 0 spiro atoms. The van der Waals surface area contributed by atoms with Crippen LogP contribution in [0.2, 0.25) is 0 Å². The third-order valence-corrected chi connectivity index (χ3v) is 3.84. The SMILES string of the molecule is Cc1cc(C)c(C(C)NCCCn2ccnn2)cc1C. The minimum absolute atomic E-state index is 0.380. The molecule has 0 amide bonds. The molecule has 4 heteroatoms. The molecule has 2 aromatic rings. The highest BCUT2D eigenvalue weighted by Gasteiger charge is 2.09. The Morgan fingerprint density at radius 3 is 2.60 bits per heavy atom. The van der Waals surface area contributed by atoms with Gasteiger partial charge in [0, 0.05) is 18.8 Å². The summed E-state index contributed by atoms with van der Waals surface area (Å²) in [5.41, 5.74) is 5.49. The molecule has 1 unspecified atom stereocenters. The van der Waals surface area contributed by atoms with Gasteiger partial charge in [-0.25, -0.2) is 0 Å². The highest BCUT2D eigenvalue weighted by atomic mass is 15.4. The lowest BCUT2D eigenvalue weighted by molar-refractivity contribution is 0.498. The number of aryl methyl sites for hydroxylation is 4. The number of hydrogen-bond donors (Lipinski definition) is 1. The largest absolute Gasteiger partial charge is 0.310 e. The number of aromatic nitrogens is 3. The fourth-order valence-electron chi connectivity index (χ4n) is 2.47. The van der Waals surface area contributed by atoms with Gasteiger partial charge in [0.15, 0.2) is 0 Å². The molecule has 0 saturated carbocycles. The Hall–Kier alpha value is -1.68. The van der Waals surface area contributed by atoms with Crippen LogP contribution >= 0.6 is 0 Å². The number of nitrogens with zero attached hydrogens (tertiary/aromatic N) is 3. The van der Waals surface area contributed by atoms with E-state index in [1.807, 2.05) is 10.9 Å². The Balaban J connectivity index is 1.85. The van der Waals surface area contributed by atoms with Crippen molar-refractivity contribution >= 4 is 0 Å². The Labute approximate surface area is 121 Å². The second-order valence-electron chi connectivity index (χ2n) is 5.49. The zero-order valence-corrected chi connectivity index (χ0v) is 12.8. The molecule has 20 heavy (non-hydrogen) atoms. The predicted octanol–water partition coefficient (Wildman–Crippen LogP) is 2.94. The molecule has 0 aliphatic rings. The number of hydrogen-bond acceptors (Lipinski definition) is 3. The average Bonchev–Trinajstić information content (AvgIpc) is 2.92. The second-order valence-corrected chi connectivity index (χ2v) is 5.49. The minimum Gasteiger partial charge on any atom is -0.310 e. The average molecular weight is 272 g/mol. The highest BCUT2D eigenvalue weighted by Crippen LogP contribution is 2.21. The Morgan fingerprint density at radius 2 is 1.90 bits per heavy atom. The first-order chi connectivity index (χ1) is 9.58.